The van der Waals surface area contributed by atoms with E-state index in [0.717, 1.165) is 69.2 Å². The van der Waals surface area contributed by atoms with Crippen LogP contribution in [-0.4, -0.2) is 76.5 Å². The lowest BCUT2D eigenvalue weighted by atomic mass is 10.1. The first-order valence-corrected chi connectivity index (χ1v) is 10.8. The largest absolute Gasteiger partial charge is 0.354 e. The molecule has 4 rings (SSSR count). The quantitative estimate of drug-likeness (QED) is 0.824. The molecule has 4 heterocycles. The molecule has 30 heavy (non-hydrogen) atoms. The second-order valence-corrected chi connectivity index (χ2v) is 8.23. The van der Waals surface area contributed by atoms with Crippen molar-refractivity contribution in [2.75, 3.05) is 50.7 Å². The van der Waals surface area contributed by atoms with Crippen molar-refractivity contribution in [3.05, 3.63) is 39.9 Å². The molecule has 2 fully saturated rings. The molecule has 0 radical (unpaired) electrons. The molecular weight excluding hydrogens is 380 g/mol. The maximum atomic E-state index is 12.5. The number of anilines is 1. The molecule has 0 aliphatic carbocycles. The van der Waals surface area contributed by atoms with E-state index in [-0.39, 0.29) is 11.5 Å². The Labute approximate surface area is 176 Å². The summed E-state index contributed by atoms with van der Waals surface area (Å²) in [6, 6.07) is 3.92. The van der Waals surface area contributed by atoms with Gasteiger partial charge in [0.15, 0.2) is 0 Å². The minimum absolute atomic E-state index is 0.114. The highest BCUT2D eigenvalue weighted by Gasteiger charge is 2.23. The molecule has 0 unspecified atom stereocenters. The van der Waals surface area contributed by atoms with Gasteiger partial charge in [-0.3, -0.25) is 14.5 Å². The molecule has 1 N–H and O–H groups in total. The average molecular weight is 411 g/mol. The summed E-state index contributed by atoms with van der Waals surface area (Å²) in [6.07, 6.45) is 5.26. The first-order chi connectivity index (χ1) is 14.5. The van der Waals surface area contributed by atoms with E-state index in [1.165, 1.54) is 6.42 Å². The molecule has 1 amide bonds. The van der Waals surface area contributed by atoms with E-state index >= 15 is 0 Å². The molecule has 0 atom stereocenters. The minimum atomic E-state index is -0.114. The van der Waals surface area contributed by atoms with Crippen molar-refractivity contribution in [3.8, 4) is 11.4 Å². The number of H-pyrrole nitrogens is 1. The van der Waals surface area contributed by atoms with Gasteiger partial charge in [-0.05, 0) is 45.2 Å². The second-order valence-electron chi connectivity index (χ2n) is 8.23. The molecule has 0 spiro atoms. The van der Waals surface area contributed by atoms with Crippen molar-refractivity contribution < 1.29 is 4.79 Å². The lowest BCUT2D eigenvalue weighted by Crippen LogP contribution is -2.50. The van der Waals surface area contributed by atoms with Crippen LogP contribution in [0.15, 0.2) is 23.1 Å². The number of aromatic nitrogens is 3. The smallest absolute Gasteiger partial charge is 0.254 e. The molecule has 0 aromatic carbocycles. The number of carbonyl (C=O) groups excluding carboxylic acids is 1. The highest BCUT2D eigenvalue weighted by molar-refractivity contribution is 5.78. The molecular formula is C22H30N6O2. The molecule has 2 aliphatic heterocycles. The summed E-state index contributed by atoms with van der Waals surface area (Å²) in [6.45, 7) is 9.36. The minimum Gasteiger partial charge on any atom is -0.354 e. The lowest BCUT2D eigenvalue weighted by Gasteiger charge is -2.36. The van der Waals surface area contributed by atoms with Crippen LogP contribution in [0.4, 0.5) is 5.82 Å². The number of nitrogens with one attached hydrogen (secondary N) is 1. The zero-order valence-corrected chi connectivity index (χ0v) is 17.9. The number of pyridine rings is 1. The first kappa shape index (κ1) is 20.5. The third-order valence-electron chi connectivity index (χ3n) is 6.18. The SMILES string of the molecule is Cc1nc(-c2ccc(N3CCN(CC(=O)N4CCCCC4)CC3)nc2)[nH]c(=O)c1C. The number of piperazine rings is 1. The van der Waals surface area contributed by atoms with Gasteiger partial charge in [0, 0.05) is 62.3 Å². The molecule has 2 aromatic rings. The topological polar surface area (TPSA) is 85.4 Å². The fourth-order valence-electron chi connectivity index (χ4n) is 4.06. The van der Waals surface area contributed by atoms with Crippen LogP contribution in [0, 0.1) is 13.8 Å². The number of hydrogen-bond acceptors (Lipinski definition) is 6. The van der Waals surface area contributed by atoms with Crippen LogP contribution in [0.25, 0.3) is 11.4 Å². The van der Waals surface area contributed by atoms with Gasteiger partial charge in [0.25, 0.3) is 5.56 Å². The molecule has 2 aliphatic rings. The van der Waals surface area contributed by atoms with E-state index < -0.39 is 0 Å². The molecule has 160 valence electrons. The Morgan fingerprint density at radius 2 is 1.77 bits per heavy atom. The molecule has 2 aromatic heterocycles. The van der Waals surface area contributed by atoms with Crippen molar-refractivity contribution in [1.29, 1.82) is 0 Å². The van der Waals surface area contributed by atoms with Gasteiger partial charge in [0.2, 0.25) is 5.91 Å². The number of piperidine rings is 1. The number of hydrogen-bond donors (Lipinski definition) is 1. The zero-order chi connectivity index (χ0) is 21.1. The maximum Gasteiger partial charge on any atom is 0.254 e. The highest BCUT2D eigenvalue weighted by atomic mass is 16.2. The summed E-state index contributed by atoms with van der Waals surface area (Å²) in [7, 11) is 0. The predicted octanol–water partition coefficient (Wildman–Crippen LogP) is 1.58. The summed E-state index contributed by atoms with van der Waals surface area (Å²) in [5.74, 6) is 1.72. The van der Waals surface area contributed by atoms with Gasteiger partial charge in [0.05, 0.1) is 6.54 Å². The third-order valence-corrected chi connectivity index (χ3v) is 6.18. The Kier molecular flexibility index (Phi) is 6.13. The Morgan fingerprint density at radius 1 is 1.03 bits per heavy atom. The van der Waals surface area contributed by atoms with Crippen LogP contribution in [0.1, 0.15) is 30.5 Å². The van der Waals surface area contributed by atoms with Crippen molar-refractivity contribution >= 4 is 11.7 Å². The second kappa shape index (κ2) is 8.95. The van der Waals surface area contributed by atoms with Crippen molar-refractivity contribution in [2.45, 2.75) is 33.1 Å². The van der Waals surface area contributed by atoms with E-state index in [4.69, 9.17) is 0 Å². The molecule has 8 heteroatoms. The number of aromatic amines is 1. The van der Waals surface area contributed by atoms with Crippen LogP contribution >= 0.6 is 0 Å². The monoisotopic (exact) mass is 410 g/mol. The summed E-state index contributed by atoms with van der Waals surface area (Å²) in [5, 5.41) is 0. The Morgan fingerprint density at radius 3 is 2.40 bits per heavy atom. The van der Waals surface area contributed by atoms with E-state index in [1.54, 1.807) is 13.1 Å². The summed E-state index contributed by atoms with van der Waals surface area (Å²) in [4.78, 5) is 42.9. The van der Waals surface area contributed by atoms with Crippen LogP contribution in [0.2, 0.25) is 0 Å². The normalized spacial score (nSPS) is 17.9. The molecule has 0 saturated carbocycles. The van der Waals surface area contributed by atoms with E-state index in [0.29, 0.717) is 17.9 Å². The lowest BCUT2D eigenvalue weighted by molar-refractivity contribution is -0.133. The first-order valence-electron chi connectivity index (χ1n) is 10.8. The Hall–Kier alpha value is -2.74. The van der Waals surface area contributed by atoms with Crippen LogP contribution in [0.5, 0.6) is 0 Å². The van der Waals surface area contributed by atoms with Gasteiger partial charge >= 0.3 is 0 Å². The predicted molar refractivity (Wildman–Crippen MR) is 117 cm³/mol. The Balaban J connectivity index is 1.34. The number of likely N-dealkylation sites (tertiary alicyclic amines) is 1. The third kappa shape index (κ3) is 4.53. The van der Waals surface area contributed by atoms with Crippen molar-refractivity contribution in [1.82, 2.24) is 24.8 Å². The fraction of sp³-hybridized carbons (Fsp3) is 0.545. The van der Waals surface area contributed by atoms with Crippen LogP contribution in [-0.2, 0) is 4.79 Å². The standard InChI is InChI=1S/C22H30N6O2/c1-16-17(2)24-21(25-22(16)30)18-6-7-19(23-14-18)27-12-10-26(11-13-27)15-20(29)28-8-4-3-5-9-28/h6-7,14H,3-5,8-13,15H2,1-2H3,(H,24,25,30). The number of aryl methyl sites for hydroxylation is 1. The van der Waals surface area contributed by atoms with Gasteiger partial charge in [-0.1, -0.05) is 0 Å². The van der Waals surface area contributed by atoms with Gasteiger partial charge in [0.1, 0.15) is 11.6 Å². The van der Waals surface area contributed by atoms with Crippen molar-refractivity contribution in [2.24, 2.45) is 0 Å². The van der Waals surface area contributed by atoms with Gasteiger partial charge in [-0.15, -0.1) is 0 Å². The number of rotatable bonds is 4. The number of nitrogens with zero attached hydrogens (tertiary/aromatic N) is 5. The van der Waals surface area contributed by atoms with E-state index in [1.807, 2.05) is 24.0 Å². The number of amides is 1. The Bertz CT molecular complexity index is 941. The van der Waals surface area contributed by atoms with Gasteiger partial charge in [-0.2, -0.15) is 0 Å². The van der Waals surface area contributed by atoms with Gasteiger partial charge in [-0.25, -0.2) is 9.97 Å². The summed E-state index contributed by atoms with van der Waals surface area (Å²) in [5.41, 5.74) is 2.05. The zero-order valence-electron chi connectivity index (χ0n) is 17.9. The molecule has 2 saturated heterocycles. The van der Waals surface area contributed by atoms with Crippen LogP contribution in [0.3, 0.4) is 0 Å². The van der Waals surface area contributed by atoms with Crippen LogP contribution < -0.4 is 10.5 Å². The van der Waals surface area contributed by atoms with Gasteiger partial charge < -0.3 is 14.8 Å². The maximum absolute atomic E-state index is 12.5. The summed E-state index contributed by atoms with van der Waals surface area (Å²) < 4.78 is 0. The average Bonchev–Trinajstić information content (AvgIpc) is 2.78. The van der Waals surface area contributed by atoms with Crippen molar-refractivity contribution in [3.63, 3.8) is 0 Å². The fourth-order valence-corrected chi connectivity index (χ4v) is 4.06. The van der Waals surface area contributed by atoms with E-state index in [2.05, 4.69) is 24.8 Å². The van der Waals surface area contributed by atoms with E-state index in [9.17, 15) is 9.59 Å². The highest BCUT2D eigenvalue weighted by Crippen LogP contribution is 2.19. The number of carbonyl (C=O) groups is 1. The molecule has 0 bridgehead atoms. The summed E-state index contributed by atoms with van der Waals surface area (Å²) >= 11 is 0. The molecule has 8 nitrogen and oxygen atoms in total.